The summed E-state index contributed by atoms with van der Waals surface area (Å²) in [6.45, 7) is 12.6. The number of amides is 1. The molecule has 0 radical (unpaired) electrons. The number of fused-ring (bicyclic) bond motifs is 1. The zero-order chi connectivity index (χ0) is 32.1. The van der Waals surface area contributed by atoms with Crippen LogP contribution in [0.4, 0.5) is 4.79 Å². The van der Waals surface area contributed by atoms with Crippen molar-refractivity contribution in [3.63, 3.8) is 0 Å². The second-order valence-electron chi connectivity index (χ2n) is 13.2. The van der Waals surface area contributed by atoms with E-state index in [1.165, 1.54) is 11.8 Å². The van der Waals surface area contributed by atoms with Crippen LogP contribution in [0, 0.1) is 0 Å². The molecule has 1 fully saturated rings. The highest BCUT2D eigenvalue weighted by atomic mass is 32.2. The van der Waals surface area contributed by atoms with Crippen molar-refractivity contribution in [3.8, 4) is 11.5 Å². The van der Waals surface area contributed by atoms with Crippen LogP contribution in [0.15, 0.2) is 53.5 Å². The minimum absolute atomic E-state index is 0.272. The Kier molecular flexibility index (Phi) is 11.4. The van der Waals surface area contributed by atoms with Crippen LogP contribution < -0.4 is 14.8 Å². The molecule has 2 aliphatic heterocycles. The number of methoxy groups -OCH3 is 2. The maximum Gasteiger partial charge on any atom is 0.413 e. The smallest absolute Gasteiger partial charge is 0.413 e. The SMILES string of the molecule is COc1ccc(CO[C@H]2[C@H](OCc3ccc(OC)cc3)[C@H]3N=C(NC(=O)OC(C)(C)C)S[C@H]3O[C@@H]2[C@@H](O)C[Si](C)(C)C)cc1. The Balaban J connectivity index is 1.63. The van der Waals surface area contributed by atoms with E-state index in [1.807, 2.05) is 48.5 Å². The highest BCUT2D eigenvalue weighted by molar-refractivity contribution is 8.14. The van der Waals surface area contributed by atoms with Gasteiger partial charge in [0.2, 0.25) is 0 Å². The van der Waals surface area contributed by atoms with Gasteiger partial charge in [-0.2, -0.15) is 0 Å². The maximum atomic E-state index is 12.6. The van der Waals surface area contributed by atoms with Crippen LogP contribution in [-0.4, -0.2) is 80.2 Å². The summed E-state index contributed by atoms with van der Waals surface area (Å²) in [6, 6.07) is 15.4. The molecule has 0 unspecified atom stereocenters. The molecule has 4 rings (SSSR count). The van der Waals surface area contributed by atoms with Crippen molar-refractivity contribution in [2.24, 2.45) is 4.99 Å². The molecule has 10 nitrogen and oxygen atoms in total. The van der Waals surface area contributed by atoms with Gasteiger partial charge in [-0.15, -0.1) is 0 Å². The summed E-state index contributed by atoms with van der Waals surface area (Å²) in [6.07, 6.45) is -3.28. The fourth-order valence-electron chi connectivity index (χ4n) is 5.07. The largest absolute Gasteiger partial charge is 0.497 e. The first-order valence-electron chi connectivity index (χ1n) is 14.8. The monoisotopic (exact) mass is 646 g/mol. The van der Waals surface area contributed by atoms with Gasteiger partial charge in [-0.05, 0) is 62.2 Å². The molecule has 0 aromatic heterocycles. The summed E-state index contributed by atoms with van der Waals surface area (Å²) in [5.41, 5.74) is 0.733. The highest BCUT2D eigenvalue weighted by Gasteiger charge is 2.53. The molecule has 0 bridgehead atoms. The van der Waals surface area contributed by atoms with Gasteiger partial charge in [0.25, 0.3) is 0 Å². The quantitative estimate of drug-likeness (QED) is 0.301. The van der Waals surface area contributed by atoms with Crippen molar-refractivity contribution in [1.82, 2.24) is 5.32 Å². The third kappa shape index (κ3) is 9.69. The van der Waals surface area contributed by atoms with Gasteiger partial charge in [0.15, 0.2) is 5.17 Å². The van der Waals surface area contributed by atoms with Crippen molar-refractivity contribution in [2.75, 3.05) is 14.2 Å². The van der Waals surface area contributed by atoms with Gasteiger partial charge in [0, 0.05) is 8.07 Å². The third-order valence-corrected chi connectivity index (χ3v) is 9.76. The second kappa shape index (κ2) is 14.7. The number of nitrogens with one attached hydrogen (secondary N) is 1. The molecule has 242 valence electrons. The van der Waals surface area contributed by atoms with E-state index in [-0.39, 0.29) is 13.2 Å². The van der Waals surface area contributed by atoms with Gasteiger partial charge in [-0.1, -0.05) is 55.7 Å². The van der Waals surface area contributed by atoms with Crippen LogP contribution in [0.5, 0.6) is 11.5 Å². The zero-order valence-corrected chi connectivity index (χ0v) is 28.7. The summed E-state index contributed by atoms with van der Waals surface area (Å²) in [5.74, 6) is 1.51. The Morgan fingerprint density at radius 1 is 0.955 bits per heavy atom. The fraction of sp³-hybridized carbons (Fsp3) is 0.562. The van der Waals surface area contributed by atoms with Crippen molar-refractivity contribution in [2.45, 2.75) is 101 Å². The van der Waals surface area contributed by atoms with Crippen LogP contribution in [0.1, 0.15) is 31.9 Å². The number of hydrogen-bond acceptors (Lipinski definition) is 10. The number of benzene rings is 2. The average Bonchev–Trinajstić information content (AvgIpc) is 3.35. The number of amidine groups is 1. The predicted octanol–water partition coefficient (Wildman–Crippen LogP) is 5.59. The molecule has 0 aliphatic carbocycles. The topological polar surface area (TPSA) is 117 Å². The molecule has 0 spiro atoms. The molecule has 2 aromatic carbocycles. The van der Waals surface area contributed by atoms with Gasteiger partial charge < -0.3 is 33.5 Å². The maximum absolute atomic E-state index is 12.6. The molecule has 44 heavy (non-hydrogen) atoms. The molecule has 12 heteroatoms. The molecular weight excluding hydrogens is 601 g/mol. The minimum Gasteiger partial charge on any atom is -0.497 e. The van der Waals surface area contributed by atoms with Gasteiger partial charge in [-0.3, -0.25) is 10.3 Å². The number of hydrogen-bond donors (Lipinski definition) is 2. The fourth-order valence-corrected chi connectivity index (χ4v) is 7.65. The number of nitrogens with zero attached hydrogens (tertiary/aromatic N) is 1. The Morgan fingerprint density at radius 3 is 1.95 bits per heavy atom. The van der Waals surface area contributed by atoms with E-state index in [9.17, 15) is 9.90 Å². The van der Waals surface area contributed by atoms with E-state index < -0.39 is 55.7 Å². The molecular formula is C32H46N2O8SSi. The lowest BCUT2D eigenvalue weighted by Crippen LogP contribution is -2.60. The number of aliphatic hydroxyl groups excluding tert-OH is 1. The molecule has 2 aliphatic rings. The van der Waals surface area contributed by atoms with E-state index in [4.69, 9.17) is 33.4 Å². The van der Waals surface area contributed by atoms with E-state index in [0.717, 1.165) is 22.6 Å². The van der Waals surface area contributed by atoms with Gasteiger partial charge in [0.05, 0.1) is 33.5 Å². The number of rotatable bonds is 11. The molecule has 2 aromatic rings. The summed E-state index contributed by atoms with van der Waals surface area (Å²) in [7, 11) is 1.57. The standard InChI is InChI=1S/C32H46N2O8SSi/c1-32(2,3)42-31(36)34-30-33-25-27(39-17-20-9-13-22(37-4)14-10-20)28(40-18-21-11-15-23(38-5)16-12-21)26(41-29(25)43-30)24(35)19-44(6,7)8/h9-16,24-29,35H,17-19H2,1-8H3,(H,33,34,36)/t24-,25+,26+,27+,28+,29+/m0/s1. The Hall–Kier alpha value is -2.61. The summed E-state index contributed by atoms with van der Waals surface area (Å²) >= 11 is 1.29. The number of thioether (sulfide) groups is 1. The summed E-state index contributed by atoms with van der Waals surface area (Å²) in [5, 5.41) is 14.7. The lowest BCUT2D eigenvalue weighted by molar-refractivity contribution is -0.218. The van der Waals surface area contributed by atoms with Crippen LogP contribution in [-0.2, 0) is 32.2 Å². The third-order valence-electron chi connectivity index (χ3n) is 7.06. The molecule has 0 saturated carbocycles. The second-order valence-corrected chi connectivity index (χ2v) is 19.8. The average molecular weight is 647 g/mol. The van der Waals surface area contributed by atoms with E-state index in [2.05, 4.69) is 25.0 Å². The van der Waals surface area contributed by atoms with Crippen LogP contribution in [0.2, 0.25) is 25.7 Å². The molecule has 2 N–H and O–H groups in total. The van der Waals surface area contributed by atoms with E-state index >= 15 is 0 Å². The Bertz CT molecular complexity index is 1260. The van der Waals surface area contributed by atoms with Crippen molar-refractivity contribution in [1.29, 1.82) is 0 Å². The number of carbonyl (C=O) groups is 1. The van der Waals surface area contributed by atoms with Gasteiger partial charge >= 0.3 is 6.09 Å². The molecule has 1 saturated heterocycles. The first kappa shape index (κ1) is 34.3. The van der Waals surface area contributed by atoms with Crippen LogP contribution >= 0.6 is 11.8 Å². The molecule has 2 heterocycles. The minimum atomic E-state index is -1.69. The lowest BCUT2D eigenvalue weighted by Gasteiger charge is -2.45. The van der Waals surface area contributed by atoms with Crippen LogP contribution in [0.25, 0.3) is 0 Å². The molecule has 1 amide bonds. The van der Waals surface area contributed by atoms with E-state index in [1.54, 1.807) is 35.0 Å². The van der Waals surface area contributed by atoms with Crippen molar-refractivity contribution in [3.05, 3.63) is 59.7 Å². The number of ether oxygens (including phenoxy) is 6. The van der Waals surface area contributed by atoms with Gasteiger partial charge in [-0.25, -0.2) is 4.79 Å². The highest BCUT2D eigenvalue weighted by Crippen LogP contribution is 2.41. The summed E-state index contributed by atoms with van der Waals surface area (Å²) < 4.78 is 35.8. The lowest BCUT2D eigenvalue weighted by atomic mass is 9.94. The summed E-state index contributed by atoms with van der Waals surface area (Å²) in [4.78, 5) is 17.4. The number of carbonyl (C=O) groups excluding carboxylic acids is 1. The Labute approximate surface area is 265 Å². The van der Waals surface area contributed by atoms with Crippen LogP contribution in [0.3, 0.4) is 0 Å². The van der Waals surface area contributed by atoms with Crippen molar-refractivity contribution >= 4 is 31.1 Å². The number of aliphatic hydroxyl groups is 1. The predicted molar refractivity (Wildman–Crippen MR) is 174 cm³/mol. The normalized spacial score (nSPS) is 24.2. The Morgan fingerprint density at radius 2 is 1.48 bits per heavy atom. The van der Waals surface area contributed by atoms with Gasteiger partial charge in [0.1, 0.15) is 46.9 Å². The number of aliphatic imine (C=N–C) groups is 1. The van der Waals surface area contributed by atoms with E-state index in [0.29, 0.717) is 11.2 Å². The molecule has 6 atom stereocenters. The van der Waals surface area contributed by atoms with Crippen molar-refractivity contribution < 1.29 is 38.3 Å². The first-order chi connectivity index (χ1) is 20.7. The first-order valence-corrected chi connectivity index (χ1v) is 19.4. The zero-order valence-electron chi connectivity index (χ0n) is 26.9. The number of alkyl carbamates (subject to hydrolysis) is 1.